The Morgan fingerprint density at radius 3 is 2.32 bits per heavy atom. The smallest absolute Gasteiger partial charge is 0.0240 e. The number of nitrogens with one attached hydrogen (secondary N) is 1. The topological polar surface area (TPSA) is 15.3 Å². The van der Waals surface area contributed by atoms with Gasteiger partial charge < -0.3 is 5.32 Å². The van der Waals surface area contributed by atoms with E-state index in [1.807, 2.05) is 0 Å². The van der Waals surface area contributed by atoms with Crippen molar-refractivity contribution in [1.29, 1.82) is 0 Å². The molecule has 0 atom stereocenters. The third-order valence-electron chi connectivity index (χ3n) is 4.68. The molecule has 19 heavy (non-hydrogen) atoms. The molecule has 0 saturated heterocycles. The van der Waals surface area contributed by atoms with E-state index in [2.05, 4.69) is 41.4 Å². The molecule has 0 radical (unpaired) electrons. The zero-order chi connectivity index (χ0) is 12.8. The SMILES string of the molecule is CCN1CCc2ccc3c4c(ccc(c24)C1)CNC3. The van der Waals surface area contributed by atoms with Crippen molar-refractivity contribution in [2.24, 2.45) is 0 Å². The summed E-state index contributed by atoms with van der Waals surface area (Å²) in [6.07, 6.45) is 1.19. The Hall–Kier alpha value is -1.38. The molecule has 4 rings (SSSR count). The van der Waals surface area contributed by atoms with Gasteiger partial charge >= 0.3 is 0 Å². The molecule has 2 heterocycles. The van der Waals surface area contributed by atoms with E-state index in [0.29, 0.717) is 0 Å². The van der Waals surface area contributed by atoms with Gasteiger partial charge in [0.15, 0.2) is 0 Å². The molecule has 0 spiro atoms. The molecule has 0 amide bonds. The Bertz CT molecular complexity index is 635. The highest BCUT2D eigenvalue weighted by atomic mass is 15.1. The van der Waals surface area contributed by atoms with Crippen LogP contribution in [0.3, 0.4) is 0 Å². The third kappa shape index (κ3) is 1.71. The minimum absolute atomic E-state index is 1.02. The lowest BCUT2D eigenvalue weighted by Gasteiger charge is -2.22. The maximum atomic E-state index is 3.50. The molecule has 1 N–H and O–H groups in total. The fraction of sp³-hybridized carbons (Fsp3) is 0.412. The minimum atomic E-state index is 1.02. The first-order valence-electron chi connectivity index (χ1n) is 7.35. The van der Waals surface area contributed by atoms with Gasteiger partial charge in [0, 0.05) is 26.2 Å². The monoisotopic (exact) mass is 252 g/mol. The van der Waals surface area contributed by atoms with E-state index >= 15 is 0 Å². The van der Waals surface area contributed by atoms with E-state index in [-0.39, 0.29) is 0 Å². The zero-order valence-corrected chi connectivity index (χ0v) is 11.5. The quantitative estimate of drug-likeness (QED) is 0.839. The van der Waals surface area contributed by atoms with Gasteiger partial charge in [-0.25, -0.2) is 0 Å². The summed E-state index contributed by atoms with van der Waals surface area (Å²) in [6.45, 7) is 7.74. The van der Waals surface area contributed by atoms with Crippen LogP contribution in [-0.2, 0) is 26.1 Å². The first-order chi connectivity index (χ1) is 9.36. The van der Waals surface area contributed by atoms with Crippen molar-refractivity contribution in [2.45, 2.75) is 33.0 Å². The van der Waals surface area contributed by atoms with Gasteiger partial charge in [-0.2, -0.15) is 0 Å². The van der Waals surface area contributed by atoms with Crippen LogP contribution < -0.4 is 5.32 Å². The zero-order valence-electron chi connectivity index (χ0n) is 11.5. The third-order valence-corrected chi connectivity index (χ3v) is 4.68. The predicted octanol–water partition coefficient (Wildman–Crippen LogP) is 2.82. The number of likely N-dealkylation sites (N-methyl/N-ethyl adjacent to an activating group) is 1. The Labute approximate surface area is 114 Å². The number of hydrogen-bond acceptors (Lipinski definition) is 2. The molecule has 0 unspecified atom stereocenters. The number of hydrogen-bond donors (Lipinski definition) is 1. The van der Waals surface area contributed by atoms with Crippen molar-refractivity contribution in [3.05, 3.63) is 46.5 Å². The highest BCUT2D eigenvalue weighted by Gasteiger charge is 2.20. The van der Waals surface area contributed by atoms with E-state index in [9.17, 15) is 0 Å². The van der Waals surface area contributed by atoms with Crippen LogP contribution in [0.15, 0.2) is 24.3 Å². The number of benzene rings is 2. The minimum Gasteiger partial charge on any atom is -0.309 e. The van der Waals surface area contributed by atoms with Crippen LogP contribution in [0.4, 0.5) is 0 Å². The van der Waals surface area contributed by atoms with Gasteiger partial charge in [0.25, 0.3) is 0 Å². The summed E-state index contributed by atoms with van der Waals surface area (Å²) in [7, 11) is 0. The molecule has 0 aromatic heterocycles. The van der Waals surface area contributed by atoms with Gasteiger partial charge in [0.1, 0.15) is 0 Å². The molecule has 2 aromatic carbocycles. The maximum absolute atomic E-state index is 3.50. The molecule has 2 heteroatoms. The Morgan fingerprint density at radius 2 is 1.58 bits per heavy atom. The summed E-state index contributed by atoms with van der Waals surface area (Å²) in [5, 5.41) is 6.61. The fourth-order valence-corrected chi connectivity index (χ4v) is 3.63. The lowest BCUT2D eigenvalue weighted by molar-refractivity contribution is 0.288. The van der Waals surface area contributed by atoms with Crippen LogP contribution in [-0.4, -0.2) is 18.0 Å². The van der Waals surface area contributed by atoms with E-state index in [0.717, 1.165) is 26.2 Å². The van der Waals surface area contributed by atoms with Crippen LogP contribution >= 0.6 is 0 Å². The number of rotatable bonds is 1. The van der Waals surface area contributed by atoms with Gasteiger partial charge in [-0.05, 0) is 46.0 Å². The largest absolute Gasteiger partial charge is 0.309 e. The molecule has 0 bridgehead atoms. The molecule has 0 fully saturated rings. The first kappa shape index (κ1) is 11.4. The first-order valence-corrected chi connectivity index (χ1v) is 7.35. The molecule has 2 aliphatic heterocycles. The Morgan fingerprint density at radius 1 is 0.947 bits per heavy atom. The second kappa shape index (κ2) is 4.32. The summed E-state index contributed by atoms with van der Waals surface area (Å²) in [5.41, 5.74) is 6.03. The van der Waals surface area contributed by atoms with E-state index < -0.39 is 0 Å². The van der Waals surface area contributed by atoms with Crippen molar-refractivity contribution in [1.82, 2.24) is 10.2 Å². The molecule has 98 valence electrons. The highest BCUT2D eigenvalue weighted by Crippen LogP contribution is 2.34. The van der Waals surface area contributed by atoms with Crippen LogP contribution in [0, 0.1) is 0 Å². The van der Waals surface area contributed by atoms with Crippen LogP contribution in [0.25, 0.3) is 10.8 Å². The van der Waals surface area contributed by atoms with Crippen molar-refractivity contribution in [2.75, 3.05) is 13.1 Å². The molecule has 0 saturated carbocycles. The summed E-state index contributed by atoms with van der Waals surface area (Å²) < 4.78 is 0. The van der Waals surface area contributed by atoms with Gasteiger partial charge in [0.2, 0.25) is 0 Å². The second-order valence-corrected chi connectivity index (χ2v) is 5.74. The highest BCUT2D eigenvalue weighted by molar-refractivity contribution is 5.95. The van der Waals surface area contributed by atoms with E-state index in [1.165, 1.54) is 29.7 Å². The van der Waals surface area contributed by atoms with E-state index in [4.69, 9.17) is 0 Å². The normalized spacial score (nSPS) is 18.6. The average Bonchev–Trinajstić information content (AvgIpc) is 2.65. The predicted molar refractivity (Wildman–Crippen MR) is 79.1 cm³/mol. The number of nitrogens with zero attached hydrogens (tertiary/aromatic N) is 1. The van der Waals surface area contributed by atoms with Crippen LogP contribution in [0.5, 0.6) is 0 Å². The fourth-order valence-electron chi connectivity index (χ4n) is 3.63. The molecule has 0 aliphatic carbocycles. The summed E-state index contributed by atoms with van der Waals surface area (Å²) in [4.78, 5) is 2.55. The second-order valence-electron chi connectivity index (χ2n) is 5.74. The Balaban J connectivity index is 2.02. The van der Waals surface area contributed by atoms with E-state index in [1.54, 1.807) is 16.3 Å². The van der Waals surface area contributed by atoms with Gasteiger partial charge in [-0.15, -0.1) is 0 Å². The molecule has 2 aromatic rings. The van der Waals surface area contributed by atoms with Gasteiger partial charge in [-0.3, -0.25) is 4.90 Å². The lowest BCUT2D eigenvalue weighted by Crippen LogP contribution is -2.23. The lowest BCUT2D eigenvalue weighted by atomic mass is 9.89. The summed E-state index contributed by atoms with van der Waals surface area (Å²) in [5.74, 6) is 0. The average molecular weight is 252 g/mol. The molecule has 2 aliphatic rings. The van der Waals surface area contributed by atoms with Crippen LogP contribution in [0.1, 0.15) is 29.2 Å². The molecular weight excluding hydrogens is 232 g/mol. The van der Waals surface area contributed by atoms with Gasteiger partial charge in [0.05, 0.1) is 0 Å². The molecular formula is C17H20N2. The standard InChI is InChI=1S/C17H20N2/c1-2-19-8-7-12-3-4-13-9-18-10-14-5-6-15(11-19)16(12)17(13)14/h3-6,18H,2,7-11H2,1H3. The Kier molecular flexibility index (Phi) is 2.61. The summed E-state index contributed by atoms with van der Waals surface area (Å²) >= 11 is 0. The van der Waals surface area contributed by atoms with Crippen LogP contribution in [0.2, 0.25) is 0 Å². The molecule has 2 nitrogen and oxygen atoms in total. The van der Waals surface area contributed by atoms with Crippen molar-refractivity contribution in [3.63, 3.8) is 0 Å². The maximum Gasteiger partial charge on any atom is 0.0240 e. The van der Waals surface area contributed by atoms with Crippen molar-refractivity contribution < 1.29 is 0 Å². The summed E-state index contributed by atoms with van der Waals surface area (Å²) in [6, 6.07) is 9.37. The van der Waals surface area contributed by atoms with Gasteiger partial charge in [-0.1, -0.05) is 31.2 Å². The van der Waals surface area contributed by atoms with Crippen molar-refractivity contribution in [3.8, 4) is 0 Å². The van der Waals surface area contributed by atoms with Crippen molar-refractivity contribution >= 4 is 10.8 Å².